The van der Waals surface area contributed by atoms with Gasteiger partial charge in [-0.15, -0.1) is 0 Å². The van der Waals surface area contributed by atoms with E-state index in [2.05, 4.69) is 9.97 Å². The predicted octanol–water partition coefficient (Wildman–Crippen LogP) is 1.05. The van der Waals surface area contributed by atoms with Crippen LogP contribution in [0.5, 0.6) is 0 Å². The molecule has 1 aliphatic carbocycles. The van der Waals surface area contributed by atoms with Crippen LogP contribution < -0.4 is 4.90 Å². The fourth-order valence-electron chi connectivity index (χ4n) is 3.24. The van der Waals surface area contributed by atoms with Crippen molar-refractivity contribution in [3.8, 4) is 0 Å². The van der Waals surface area contributed by atoms with Gasteiger partial charge in [0.05, 0.1) is 17.6 Å². The first-order valence-electron chi connectivity index (χ1n) is 8.52. The fraction of sp³-hybridized carbons (Fsp3) is 0.750. The molecule has 1 atom stereocenters. The molecule has 3 rings (SSSR count). The average Bonchev–Trinajstić information content (AvgIpc) is 3.38. The molecule has 24 heavy (non-hydrogen) atoms. The molecule has 0 amide bonds. The van der Waals surface area contributed by atoms with Crippen molar-refractivity contribution >= 4 is 15.8 Å². The minimum absolute atomic E-state index is 0.0752. The standard InChI is InChI=1S/C16H26N4O3S/c1-4-23-15(12-5-6-12)10-24(21,22)20-8-7-14-13(9-20)16(19(2)3)18-11-17-14/h11-12,15H,4-10H2,1-3H3. The van der Waals surface area contributed by atoms with Crippen LogP contribution in [0.4, 0.5) is 5.82 Å². The molecule has 0 bridgehead atoms. The quantitative estimate of drug-likeness (QED) is 0.728. The van der Waals surface area contributed by atoms with Crippen molar-refractivity contribution in [2.24, 2.45) is 5.92 Å². The molecular formula is C16H26N4O3S. The zero-order valence-electron chi connectivity index (χ0n) is 14.6. The Morgan fingerprint density at radius 2 is 2.12 bits per heavy atom. The molecule has 1 fully saturated rings. The number of hydrogen-bond acceptors (Lipinski definition) is 6. The van der Waals surface area contributed by atoms with E-state index in [1.54, 1.807) is 10.6 Å². The van der Waals surface area contributed by atoms with Crippen LogP contribution in [0, 0.1) is 5.92 Å². The summed E-state index contributed by atoms with van der Waals surface area (Å²) in [5.41, 5.74) is 1.86. The van der Waals surface area contributed by atoms with Crippen molar-refractivity contribution in [1.82, 2.24) is 14.3 Å². The van der Waals surface area contributed by atoms with Crippen molar-refractivity contribution in [2.45, 2.75) is 38.8 Å². The fourth-order valence-corrected chi connectivity index (χ4v) is 4.93. The number of aromatic nitrogens is 2. The second-order valence-electron chi connectivity index (χ2n) is 6.71. The molecule has 1 unspecified atom stereocenters. The van der Waals surface area contributed by atoms with Gasteiger partial charge in [-0.25, -0.2) is 18.4 Å². The van der Waals surface area contributed by atoms with Crippen LogP contribution in [0.1, 0.15) is 31.0 Å². The summed E-state index contributed by atoms with van der Waals surface area (Å²) in [5, 5.41) is 0. The Morgan fingerprint density at radius 1 is 1.38 bits per heavy atom. The third-order valence-corrected chi connectivity index (χ3v) is 6.51. The maximum Gasteiger partial charge on any atom is 0.216 e. The number of fused-ring (bicyclic) bond motifs is 1. The number of ether oxygens (including phenoxy) is 1. The number of sulfonamides is 1. The van der Waals surface area contributed by atoms with E-state index in [-0.39, 0.29) is 11.9 Å². The van der Waals surface area contributed by atoms with E-state index in [4.69, 9.17) is 4.74 Å². The highest BCUT2D eigenvalue weighted by atomic mass is 32.2. The van der Waals surface area contributed by atoms with Gasteiger partial charge in [-0.2, -0.15) is 4.31 Å². The number of hydrogen-bond donors (Lipinski definition) is 0. The van der Waals surface area contributed by atoms with Crippen LogP contribution in [0.25, 0.3) is 0 Å². The van der Waals surface area contributed by atoms with E-state index in [9.17, 15) is 8.42 Å². The first-order valence-corrected chi connectivity index (χ1v) is 10.1. The highest BCUT2D eigenvalue weighted by Gasteiger charge is 2.38. The second-order valence-corrected chi connectivity index (χ2v) is 8.72. The lowest BCUT2D eigenvalue weighted by Crippen LogP contribution is -2.42. The van der Waals surface area contributed by atoms with Gasteiger partial charge in [0.25, 0.3) is 0 Å². The maximum atomic E-state index is 12.9. The molecule has 2 heterocycles. The zero-order valence-corrected chi connectivity index (χ0v) is 15.4. The molecule has 0 radical (unpaired) electrons. The van der Waals surface area contributed by atoms with Gasteiger partial charge in [-0.05, 0) is 25.7 Å². The first kappa shape index (κ1) is 17.6. The summed E-state index contributed by atoms with van der Waals surface area (Å²) >= 11 is 0. The van der Waals surface area contributed by atoms with E-state index in [1.807, 2.05) is 25.9 Å². The Hall–Kier alpha value is -1.25. The van der Waals surface area contributed by atoms with Gasteiger partial charge in [0.15, 0.2) is 0 Å². The van der Waals surface area contributed by atoms with Gasteiger partial charge in [0, 0.05) is 45.8 Å². The van der Waals surface area contributed by atoms with Crippen molar-refractivity contribution in [3.63, 3.8) is 0 Å². The molecular weight excluding hydrogens is 328 g/mol. The van der Waals surface area contributed by atoms with E-state index in [1.165, 1.54) is 0 Å². The van der Waals surface area contributed by atoms with E-state index in [0.717, 1.165) is 29.9 Å². The lowest BCUT2D eigenvalue weighted by molar-refractivity contribution is 0.0622. The zero-order chi connectivity index (χ0) is 17.3. The summed E-state index contributed by atoms with van der Waals surface area (Å²) in [6.07, 6.45) is 4.14. The summed E-state index contributed by atoms with van der Waals surface area (Å²) in [6, 6.07) is 0. The molecule has 1 aromatic rings. The van der Waals surface area contributed by atoms with Crippen molar-refractivity contribution < 1.29 is 13.2 Å². The van der Waals surface area contributed by atoms with Gasteiger partial charge >= 0.3 is 0 Å². The van der Waals surface area contributed by atoms with Crippen LogP contribution in [0.3, 0.4) is 0 Å². The minimum atomic E-state index is -3.36. The number of nitrogens with zero attached hydrogens (tertiary/aromatic N) is 4. The lowest BCUT2D eigenvalue weighted by Gasteiger charge is -2.30. The number of anilines is 1. The predicted molar refractivity (Wildman–Crippen MR) is 92.4 cm³/mol. The van der Waals surface area contributed by atoms with Crippen LogP contribution >= 0.6 is 0 Å². The largest absolute Gasteiger partial charge is 0.377 e. The summed E-state index contributed by atoms with van der Waals surface area (Å²) < 4.78 is 33.0. The molecule has 7 nitrogen and oxygen atoms in total. The molecule has 0 aromatic carbocycles. The normalized spacial score (nSPS) is 19.8. The molecule has 0 saturated heterocycles. The van der Waals surface area contributed by atoms with Crippen LogP contribution in [0.2, 0.25) is 0 Å². The van der Waals surface area contributed by atoms with E-state index in [0.29, 0.717) is 32.0 Å². The van der Waals surface area contributed by atoms with Crippen molar-refractivity contribution in [3.05, 3.63) is 17.6 Å². The SMILES string of the molecule is CCOC(CS(=O)(=O)N1CCc2ncnc(N(C)C)c2C1)C1CC1. The molecule has 1 aromatic heterocycles. The highest BCUT2D eigenvalue weighted by molar-refractivity contribution is 7.89. The lowest BCUT2D eigenvalue weighted by atomic mass is 10.1. The number of rotatable bonds is 7. The van der Waals surface area contributed by atoms with Crippen LogP contribution in [-0.4, -0.2) is 61.8 Å². The smallest absolute Gasteiger partial charge is 0.216 e. The molecule has 1 aliphatic heterocycles. The highest BCUT2D eigenvalue weighted by Crippen LogP contribution is 2.36. The van der Waals surface area contributed by atoms with Gasteiger partial charge in [0.1, 0.15) is 12.1 Å². The molecule has 0 N–H and O–H groups in total. The van der Waals surface area contributed by atoms with Gasteiger partial charge in [-0.3, -0.25) is 0 Å². The van der Waals surface area contributed by atoms with Gasteiger partial charge < -0.3 is 9.64 Å². The van der Waals surface area contributed by atoms with Gasteiger partial charge in [0.2, 0.25) is 10.0 Å². The van der Waals surface area contributed by atoms with E-state index >= 15 is 0 Å². The Balaban J connectivity index is 1.78. The second kappa shape index (κ2) is 6.93. The summed E-state index contributed by atoms with van der Waals surface area (Å²) in [7, 11) is 0.461. The molecule has 2 aliphatic rings. The Morgan fingerprint density at radius 3 is 2.75 bits per heavy atom. The third-order valence-electron chi connectivity index (χ3n) is 4.66. The minimum Gasteiger partial charge on any atom is -0.377 e. The Labute approximate surface area is 144 Å². The van der Waals surface area contributed by atoms with E-state index < -0.39 is 10.0 Å². The van der Waals surface area contributed by atoms with Crippen molar-refractivity contribution in [2.75, 3.05) is 37.9 Å². The molecule has 0 spiro atoms. The molecule has 1 saturated carbocycles. The third kappa shape index (κ3) is 3.70. The summed E-state index contributed by atoms with van der Waals surface area (Å²) in [5.74, 6) is 1.27. The van der Waals surface area contributed by atoms with Crippen LogP contribution in [0.15, 0.2) is 6.33 Å². The van der Waals surface area contributed by atoms with Crippen molar-refractivity contribution in [1.29, 1.82) is 0 Å². The summed E-state index contributed by atoms with van der Waals surface area (Å²) in [4.78, 5) is 10.5. The first-order chi connectivity index (χ1) is 11.4. The molecule has 134 valence electrons. The Bertz CT molecular complexity index is 689. The Kier molecular flexibility index (Phi) is 5.08. The van der Waals surface area contributed by atoms with Gasteiger partial charge in [-0.1, -0.05) is 0 Å². The monoisotopic (exact) mass is 354 g/mol. The molecule has 8 heteroatoms. The average molecular weight is 354 g/mol. The topological polar surface area (TPSA) is 75.6 Å². The van der Waals surface area contributed by atoms with Crippen LogP contribution in [-0.2, 0) is 27.7 Å². The summed E-state index contributed by atoms with van der Waals surface area (Å²) in [6.45, 7) is 3.29. The maximum absolute atomic E-state index is 12.9.